The number of hydrogen-bond donors (Lipinski definition) is 2. The van der Waals surface area contributed by atoms with E-state index in [0.29, 0.717) is 12.3 Å². The molecule has 0 saturated carbocycles. The highest BCUT2D eigenvalue weighted by Crippen LogP contribution is 2.32. The highest BCUT2D eigenvalue weighted by molar-refractivity contribution is 9.10. The molecule has 19 heavy (non-hydrogen) atoms. The van der Waals surface area contributed by atoms with Crippen LogP contribution in [0.25, 0.3) is 0 Å². The molecule has 3 N–H and O–H groups in total. The Morgan fingerprint density at radius 1 is 1.21 bits per heavy atom. The fraction of sp³-hybridized carbons (Fsp3) is 0.200. The second-order valence-electron chi connectivity index (χ2n) is 4.20. The number of halogens is 1. The molecule has 0 saturated heterocycles. The monoisotopic (exact) mass is 320 g/mol. The third-order valence-corrected chi connectivity index (χ3v) is 3.12. The zero-order valence-corrected chi connectivity index (χ0v) is 12.4. The first-order valence-corrected chi connectivity index (χ1v) is 7.04. The average Bonchev–Trinajstić information content (AvgIpc) is 2.40. The van der Waals surface area contributed by atoms with Crippen molar-refractivity contribution in [2.75, 3.05) is 17.7 Å². The Morgan fingerprint density at radius 3 is 2.74 bits per heavy atom. The van der Waals surface area contributed by atoms with Gasteiger partial charge in [-0.1, -0.05) is 35.0 Å². The van der Waals surface area contributed by atoms with Gasteiger partial charge in [0.25, 0.3) is 0 Å². The summed E-state index contributed by atoms with van der Waals surface area (Å²) in [5.74, 6) is 0.724. The number of nitrogens with one attached hydrogen (secondary N) is 1. The molecule has 0 aromatic heterocycles. The van der Waals surface area contributed by atoms with Gasteiger partial charge in [-0.25, -0.2) is 0 Å². The van der Waals surface area contributed by atoms with E-state index in [1.165, 1.54) is 0 Å². The van der Waals surface area contributed by atoms with Crippen molar-refractivity contribution in [3.05, 3.63) is 46.9 Å². The van der Waals surface area contributed by atoms with Crippen LogP contribution < -0.4 is 15.8 Å². The minimum absolute atomic E-state index is 0.635. The van der Waals surface area contributed by atoms with Gasteiger partial charge in [-0.15, -0.1) is 0 Å². The molecule has 4 heteroatoms. The van der Waals surface area contributed by atoms with Crippen molar-refractivity contribution in [3.63, 3.8) is 0 Å². The van der Waals surface area contributed by atoms with Gasteiger partial charge in [-0.3, -0.25) is 0 Å². The molecule has 0 amide bonds. The zero-order valence-electron chi connectivity index (χ0n) is 10.8. The lowest BCUT2D eigenvalue weighted by Gasteiger charge is -2.13. The summed E-state index contributed by atoms with van der Waals surface area (Å²) in [4.78, 5) is 0. The molecule has 0 atom stereocenters. The average molecular weight is 321 g/mol. The second-order valence-corrected chi connectivity index (χ2v) is 5.12. The van der Waals surface area contributed by atoms with E-state index >= 15 is 0 Å². The Morgan fingerprint density at radius 2 is 2.00 bits per heavy atom. The van der Waals surface area contributed by atoms with E-state index in [-0.39, 0.29) is 0 Å². The van der Waals surface area contributed by atoms with Crippen LogP contribution in [-0.4, -0.2) is 6.61 Å². The third-order valence-electron chi connectivity index (χ3n) is 2.63. The van der Waals surface area contributed by atoms with E-state index in [1.54, 1.807) is 0 Å². The van der Waals surface area contributed by atoms with Gasteiger partial charge in [0.15, 0.2) is 0 Å². The van der Waals surface area contributed by atoms with Crippen molar-refractivity contribution in [3.8, 4) is 5.75 Å². The summed E-state index contributed by atoms with van der Waals surface area (Å²) in [6, 6.07) is 13.7. The van der Waals surface area contributed by atoms with Crippen molar-refractivity contribution in [2.24, 2.45) is 0 Å². The lowest BCUT2D eigenvalue weighted by atomic mass is 10.2. The number of rotatable bonds is 5. The maximum absolute atomic E-state index is 6.11. The van der Waals surface area contributed by atoms with Crippen LogP contribution in [0.4, 0.5) is 17.1 Å². The van der Waals surface area contributed by atoms with Gasteiger partial charge in [-0.2, -0.15) is 0 Å². The number of hydrogen-bond acceptors (Lipinski definition) is 3. The second kappa shape index (κ2) is 6.48. The van der Waals surface area contributed by atoms with Crippen LogP contribution in [0.1, 0.15) is 13.3 Å². The maximum atomic E-state index is 6.11. The Kier molecular flexibility index (Phi) is 4.68. The van der Waals surface area contributed by atoms with Crippen LogP contribution >= 0.6 is 15.9 Å². The highest BCUT2D eigenvalue weighted by atomic mass is 79.9. The number of para-hydroxylation sites is 1. The van der Waals surface area contributed by atoms with Gasteiger partial charge < -0.3 is 15.8 Å². The molecule has 2 aromatic carbocycles. The number of anilines is 3. The molecule has 0 bridgehead atoms. The lowest BCUT2D eigenvalue weighted by Crippen LogP contribution is -2.02. The molecule has 0 fully saturated rings. The van der Waals surface area contributed by atoms with Crippen LogP contribution in [0.2, 0.25) is 0 Å². The van der Waals surface area contributed by atoms with Crippen LogP contribution in [0, 0.1) is 0 Å². The third kappa shape index (κ3) is 3.64. The minimum Gasteiger partial charge on any atom is -0.491 e. The minimum atomic E-state index is 0.635. The van der Waals surface area contributed by atoms with Gasteiger partial charge >= 0.3 is 0 Å². The lowest BCUT2D eigenvalue weighted by molar-refractivity contribution is 0.319. The Hall–Kier alpha value is -1.68. The van der Waals surface area contributed by atoms with Crippen molar-refractivity contribution in [2.45, 2.75) is 13.3 Å². The predicted molar refractivity (Wildman–Crippen MR) is 84.1 cm³/mol. The molecular formula is C15H17BrN2O. The van der Waals surface area contributed by atoms with Gasteiger partial charge in [0, 0.05) is 10.2 Å². The van der Waals surface area contributed by atoms with Crippen LogP contribution in [0.15, 0.2) is 46.9 Å². The number of benzene rings is 2. The first-order valence-electron chi connectivity index (χ1n) is 6.24. The first-order chi connectivity index (χ1) is 9.20. The van der Waals surface area contributed by atoms with Gasteiger partial charge in [0.2, 0.25) is 0 Å². The SMILES string of the molecule is CCCOc1cccc(Nc2cccc(Br)c2)c1N. The Bertz CT molecular complexity index is 558. The molecule has 0 spiro atoms. The first kappa shape index (κ1) is 13.7. The van der Waals surface area contributed by atoms with Crippen LogP contribution in [0.5, 0.6) is 5.75 Å². The molecule has 2 rings (SSSR count). The Labute approximate surface area is 121 Å². The van der Waals surface area contributed by atoms with Gasteiger partial charge in [0.1, 0.15) is 5.75 Å². The predicted octanol–water partition coefficient (Wildman–Crippen LogP) is 4.56. The standard InChI is InChI=1S/C15H17BrN2O/c1-2-9-19-14-8-4-7-13(15(14)17)18-12-6-3-5-11(16)10-12/h3-8,10,18H,2,9,17H2,1H3. The molecule has 2 aromatic rings. The van der Waals surface area contributed by atoms with Crippen molar-refractivity contribution >= 4 is 33.0 Å². The zero-order chi connectivity index (χ0) is 13.7. The van der Waals surface area contributed by atoms with E-state index in [1.807, 2.05) is 42.5 Å². The van der Waals surface area contributed by atoms with E-state index in [0.717, 1.165) is 28.0 Å². The summed E-state index contributed by atoms with van der Waals surface area (Å²) < 4.78 is 6.64. The summed E-state index contributed by atoms with van der Waals surface area (Å²) in [5.41, 5.74) is 8.58. The van der Waals surface area contributed by atoms with Gasteiger partial charge in [0.05, 0.1) is 18.0 Å². The van der Waals surface area contributed by atoms with Gasteiger partial charge in [-0.05, 0) is 36.8 Å². The summed E-state index contributed by atoms with van der Waals surface area (Å²) in [6.07, 6.45) is 0.961. The molecule has 3 nitrogen and oxygen atoms in total. The van der Waals surface area contributed by atoms with E-state index in [4.69, 9.17) is 10.5 Å². The highest BCUT2D eigenvalue weighted by Gasteiger charge is 2.06. The number of nitrogens with two attached hydrogens (primary N) is 1. The number of ether oxygens (including phenoxy) is 1. The molecule has 0 aliphatic heterocycles. The maximum Gasteiger partial charge on any atom is 0.144 e. The van der Waals surface area contributed by atoms with Crippen molar-refractivity contribution in [1.29, 1.82) is 0 Å². The molecule has 0 unspecified atom stereocenters. The summed E-state index contributed by atoms with van der Waals surface area (Å²) in [5, 5.41) is 3.29. The number of nitrogen functional groups attached to an aromatic ring is 1. The summed E-state index contributed by atoms with van der Waals surface area (Å²) >= 11 is 3.45. The molecule has 0 heterocycles. The fourth-order valence-electron chi connectivity index (χ4n) is 1.71. The normalized spacial score (nSPS) is 10.2. The van der Waals surface area contributed by atoms with E-state index in [2.05, 4.69) is 28.2 Å². The quantitative estimate of drug-likeness (QED) is 0.794. The molecule has 100 valence electrons. The Balaban J connectivity index is 2.20. The van der Waals surface area contributed by atoms with Crippen molar-refractivity contribution in [1.82, 2.24) is 0 Å². The molecule has 0 aliphatic carbocycles. The summed E-state index contributed by atoms with van der Waals surface area (Å²) in [7, 11) is 0. The topological polar surface area (TPSA) is 47.3 Å². The van der Waals surface area contributed by atoms with E-state index in [9.17, 15) is 0 Å². The van der Waals surface area contributed by atoms with Crippen molar-refractivity contribution < 1.29 is 4.74 Å². The van der Waals surface area contributed by atoms with Crippen LogP contribution in [-0.2, 0) is 0 Å². The fourth-order valence-corrected chi connectivity index (χ4v) is 2.11. The summed E-state index contributed by atoms with van der Waals surface area (Å²) in [6.45, 7) is 2.74. The smallest absolute Gasteiger partial charge is 0.144 e. The molecular weight excluding hydrogens is 304 g/mol. The molecule has 0 aliphatic rings. The van der Waals surface area contributed by atoms with E-state index < -0.39 is 0 Å². The van der Waals surface area contributed by atoms with Crippen LogP contribution in [0.3, 0.4) is 0 Å². The largest absolute Gasteiger partial charge is 0.491 e. The molecule has 0 radical (unpaired) electrons.